The van der Waals surface area contributed by atoms with Crippen LogP contribution in [0.2, 0.25) is 0 Å². The van der Waals surface area contributed by atoms with Gasteiger partial charge in [-0.25, -0.2) is 4.98 Å². The summed E-state index contributed by atoms with van der Waals surface area (Å²) in [6, 6.07) is 14.4. The molecule has 6 nitrogen and oxygen atoms in total. The number of nitrogens with two attached hydrogens (primary N) is 1. The Morgan fingerprint density at radius 2 is 1.76 bits per heavy atom. The van der Waals surface area contributed by atoms with Crippen molar-refractivity contribution >= 4 is 22.8 Å². The Morgan fingerprint density at radius 1 is 1.00 bits per heavy atom. The fourth-order valence-electron chi connectivity index (χ4n) is 3.20. The van der Waals surface area contributed by atoms with Crippen LogP contribution in [0, 0.1) is 0 Å². The minimum Gasteiger partial charge on any atom is -0.383 e. The predicted octanol–water partition coefficient (Wildman–Crippen LogP) is 2.78. The van der Waals surface area contributed by atoms with Crippen LogP contribution in [0.1, 0.15) is 12.8 Å². The highest BCUT2D eigenvalue weighted by Crippen LogP contribution is 2.24. The molecule has 0 spiro atoms. The topological polar surface area (TPSA) is 80.0 Å². The number of fused-ring (bicyclic) bond motifs is 1. The van der Waals surface area contributed by atoms with Crippen molar-refractivity contribution in [3.63, 3.8) is 0 Å². The summed E-state index contributed by atoms with van der Waals surface area (Å²) in [6.07, 6.45) is 2.16. The molecule has 25 heavy (non-hydrogen) atoms. The number of piperidine rings is 1. The Hall–Kier alpha value is -2.73. The smallest absolute Gasteiger partial charge is 0.226 e. The number of nitrogens with zero attached hydrogens (tertiary/aromatic N) is 4. The normalized spacial score (nSPS) is 16.2. The average molecular weight is 334 g/mol. The molecule has 3 heterocycles. The number of anilines is 2. The predicted molar refractivity (Wildman–Crippen MR) is 101 cm³/mol. The van der Waals surface area contributed by atoms with Gasteiger partial charge in [-0.3, -0.25) is 0 Å². The molecule has 3 aromatic rings. The third-order valence-electron chi connectivity index (χ3n) is 4.71. The largest absolute Gasteiger partial charge is 0.383 e. The number of benzene rings is 1. The summed E-state index contributed by atoms with van der Waals surface area (Å²) in [6.45, 7) is 2.16. The molecule has 1 aromatic carbocycles. The van der Waals surface area contributed by atoms with Crippen LogP contribution < -0.4 is 11.1 Å². The monoisotopic (exact) mass is 334 g/mol. The van der Waals surface area contributed by atoms with Gasteiger partial charge in [-0.1, -0.05) is 30.3 Å². The Kier molecular flexibility index (Phi) is 4.19. The van der Waals surface area contributed by atoms with Crippen molar-refractivity contribution in [2.24, 2.45) is 0 Å². The van der Waals surface area contributed by atoms with Gasteiger partial charge in [0.05, 0.1) is 11.1 Å². The summed E-state index contributed by atoms with van der Waals surface area (Å²) in [5.74, 6) is 1.03. The first-order valence-corrected chi connectivity index (χ1v) is 8.64. The number of hydrogen-bond acceptors (Lipinski definition) is 6. The first kappa shape index (κ1) is 15.8. The quantitative estimate of drug-likeness (QED) is 0.767. The molecule has 0 amide bonds. The van der Waals surface area contributed by atoms with Crippen molar-refractivity contribution in [1.82, 2.24) is 19.9 Å². The maximum Gasteiger partial charge on any atom is 0.226 e. The van der Waals surface area contributed by atoms with E-state index in [1.807, 2.05) is 42.5 Å². The van der Waals surface area contributed by atoms with Gasteiger partial charge in [-0.2, -0.15) is 9.97 Å². The van der Waals surface area contributed by atoms with Crippen molar-refractivity contribution in [3.05, 3.63) is 42.5 Å². The van der Waals surface area contributed by atoms with Gasteiger partial charge in [-0.05, 0) is 45.1 Å². The van der Waals surface area contributed by atoms with E-state index in [9.17, 15) is 0 Å². The molecule has 0 radical (unpaired) electrons. The molecule has 0 saturated carbocycles. The zero-order chi connectivity index (χ0) is 17.2. The number of pyridine rings is 1. The summed E-state index contributed by atoms with van der Waals surface area (Å²) in [4.78, 5) is 16.1. The fraction of sp³-hybridized carbons (Fsp3) is 0.316. The summed E-state index contributed by atoms with van der Waals surface area (Å²) >= 11 is 0. The molecule has 4 rings (SSSR count). The molecule has 0 bridgehead atoms. The average Bonchev–Trinajstić information content (AvgIpc) is 2.64. The van der Waals surface area contributed by atoms with Gasteiger partial charge in [0.25, 0.3) is 0 Å². The molecule has 1 aliphatic rings. The van der Waals surface area contributed by atoms with Crippen LogP contribution in [0.25, 0.3) is 22.3 Å². The van der Waals surface area contributed by atoms with Crippen LogP contribution in [0.3, 0.4) is 0 Å². The molecule has 0 aliphatic carbocycles. The lowest BCUT2D eigenvalue weighted by molar-refractivity contribution is 0.263. The molecular formula is C19H22N6. The molecule has 3 N–H and O–H groups in total. The second kappa shape index (κ2) is 6.64. The summed E-state index contributed by atoms with van der Waals surface area (Å²) in [7, 11) is 2.15. The lowest BCUT2D eigenvalue weighted by Crippen LogP contribution is -2.37. The van der Waals surface area contributed by atoms with Gasteiger partial charge in [0.1, 0.15) is 5.82 Å². The second-order valence-electron chi connectivity index (χ2n) is 6.59. The van der Waals surface area contributed by atoms with E-state index in [1.54, 1.807) is 0 Å². The lowest BCUT2D eigenvalue weighted by Gasteiger charge is -2.29. The van der Waals surface area contributed by atoms with E-state index in [0.717, 1.165) is 42.6 Å². The van der Waals surface area contributed by atoms with Gasteiger partial charge >= 0.3 is 0 Å². The van der Waals surface area contributed by atoms with Crippen LogP contribution in [-0.4, -0.2) is 46.0 Å². The first-order valence-electron chi connectivity index (χ1n) is 8.64. The van der Waals surface area contributed by atoms with Gasteiger partial charge in [0.15, 0.2) is 5.65 Å². The van der Waals surface area contributed by atoms with Crippen LogP contribution in [0.5, 0.6) is 0 Å². The molecule has 1 fully saturated rings. The van der Waals surface area contributed by atoms with E-state index in [1.165, 1.54) is 0 Å². The third kappa shape index (κ3) is 3.39. The van der Waals surface area contributed by atoms with Crippen LogP contribution in [-0.2, 0) is 0 Å². The number of hydrogen-bond donors (Lipinski definition) is 2. The van der Waals surface area contributed by atoms with Gasteiger partial charge in [0.2, 0.25) is 5.95 Å². The SMILES string of the molecule is CN1CCC(Nc2nc(N)c3ccc(-c4ccccc4)nc3n2)CC1. The van der Waals surface area contributed by atoms with Crippen molar-refractivity contribution in [2.45, 2.75) is 18.9 Å². The van der Waals surface area contributed by atoms with E-state index in [4.69, 9.17) is 10.7 Å². The third-order valence-corrected chi connectivity index (χ3v) is 4.71. The minimum absolute atomic E-state index is 0.380. The molecule has 0 unspecified atom stereocenters. The van der Waals surface area contributed by atoms with Gasteiger partial charge in [-0.15, -0.1) is 0 Å². The lowest BCUT2D eigenvalue weighted by atomic mass is 10.1. The minimum atomic E-state index is 0.380. The highest BCUT2D eigenvalue weighted by Gasteiger charge is 2.18. The molecule has 1 aliphatic heterocycles. The second-order valence-corrected chi connectivity index (χ2v) is 6.59. The Bertz CT molecular complexity index is 872. The van der Waals surface area contributed by atoms with Crippen molar-refractivity contribution < 1.29 is 0 Å². The maximum absolute atomic E-state index is 6.13. The number of nitrogen functional groups attached to an aromatic ring is 1. The fourth-order valence-corrected chi connectivity index (χ4v) is 3.20. The van der Waals surface area contributed by atoms with Crippen molar-refractivity contribution in [2.75, 3.05) is 31.2 Å². The van der Waals surface area contributed by atoms with Gasteiger partial charge in [0, 0.05) is 11.6 Å². The number of nitrogens with one attached hydrogen (secondary N) is 1. The summed E-state index contributed by atoms with van der Waals surface area (Å²) in [5, 5.41) is 4.21. The molecular weight excluding hydrogens is 312 g/mol. The van der Waals surface area contributed by atoms with Crippen molar-refractivity contribution in [1.29, 1.82) is 0 Å². The summed E-state index contributed by atoms with van der Waals surface area (Å²) in [5.41, 5.74) is 8.71. The van der Waals surface area contributed by atoms with Crippen molar-refractivity contribution in [3.8, 4) is 11.3 Å². The molecule has 0 atom stereocenters. The highest BCUT2D eigenvalue weighted by atomic mass is 15.2. The number of likely N-dealkylation sites (tertiary alicyclic amines) is 1. The molecule has 128 valence electrons. The van der Waals surface area contributed by atoms with Crippen LogP contribution >= 0.6 is 0 Å². The molecule has 1 saturated heterocycles. The van der Waals surface area contributed by atoms with Crippen LogP contribution in [0.4, 0.5) is 11.8 Å². The zero-order valence-corrected chi connectivity index (χ0v) is 14.3. The van der Waals surface area contributed by atoms with E-state index < -0.39 is 0 Å². The zero-order valence-electron chi connectivity index (χ0n) is 14.3. The summed E-state index contributed by atoms with van der Waals surface area (Å²) < 4.78 is 0. The number of rotatable bonds is 3. The van der Waals surface area contributed by atoms with E-state index >= 15 is 0 Å². The van der Waals surface area contributed by atoms with Crippen LogP contribution in [0.15, 0.2) is 42.5 Å². The first-order chi connectivity index (χ1) is 12.2. The highest BCUT2D eigenvalue weighted by molar-refractivity contribution is 5.88. The number of aromatic nitrogens is 3. The standard InChI is InChI=1S/C19H22N6/c1-25-11-9-14(10-12-25)21-19-23-17(20)15-7-8-16(22-18(15)24-19)13-5-3-2-4-6-13/h2-8,14H,9-12H2,1H3,(H3,20,21,22,23,24). The maximum atomic E-state index is 6.13. The van der Waals surface area contributed by atoms with Gasteiger partial charge < -0.3 is 16.0 Å². The Balaban J connectivity index is 1.65. The van der Waals surface area contributed by atoms with E-state index in [2.05, 4.69) is 27.2 Å². The van der Waals surface area contributed by atoms with E-state index in [0.29, 0.717) is 23.5 Å². The molecule has 6 heteroatoms. The van der Waals surface area contributed by atoms with E-state index in [-0.39, 0.29) is 0 Å². The Labute approximate surface area is 147 Å². The molecule has 2 aromatic heterocycles. The Morgan fingerprint density at radius 3 is 2.52 bits per heavy atom.